The molecule has 4 nitrogen and oxygen atoms in total. The minimum absolute atomic E-state index is 0.614. The van der Waals surface area contributed by atoms with Crippen LogP contribution in [-0.4, -0.2) is 27.9 Å². The maximum Gasteiger partial charge on any atom is 0.138 e. The van der Waals surface area contributed by atoms with E-state index in [-0.39, 0.29) is 0 Å². The third-order valence-corrected chi connectivity index (χ3v) is 3.13. The second-order valence-corrected chi connectivity index (χ2v) is 6.45. The molecule has 1 rings (SSSR count). The lowest BCUT2D eigenvalue weighted by Gasteiger charge is -2.14. The quantitative estimate of drug-likeness (QED) is 0.699. The Labute approximate surface area is 118 Å². The van der Waals surface area contributed by atoms with Gasteiger partial charge in [0.2, 0.25) is 0 Å². The number of hydrogen-bond donors (Lipinski definition) is 1. The SMILES string of the molecule is CC(C)CNCCC(C)Cc1ncnn1CC(C)C. The van der Waals surface area contributed by atoms with Crippen molar-refractivity contribution < 1.29 is 0 Å². The zero-order valence-corrected chi connectivity index (χ0v) is 13.2. The molecule has 0 aliphatic heterocycles. The largest absolute Gasteiger partial charge is 0.316 e. The Morgan fingerprint density at radius 1 is 1.16 bits per heavy atom. The third-order valence-electron chi connectivity index (χ3n) is 3.13. The number of nitrogens with one attached hydrogen (secondary N) is 1. The minimum Gasteiger partial charge on any atom is -0.316 e. The van der Waals surface area contributed by atoms with Crippen LogP contribution in [0.15, 0.2) is 6.33 Å². The van der Waals surface area contributed by atoms with Crippen LogP contribution in [0.25, 0.3) is 0 Å². The number of nitrogens with zero attached hydrogens (tertiary/aromatic N) is 3. The Morgan fingerprint density at radius 3 is 2.53 bits per heavy atom. The maximum absolute atomic E-state index is 4.40. The van der Waals surface area contributed by atoms with Crippen LogP contribution in [0.3, 0.4) is 0 Å². The topological polar surface area (TPSA) is 42.7 Å². The van der Waals surface area contributed by atoms with Gasteiger partial charge in [0.15, 0.2) is 0 Å². The van der Waals surface area contributed by atoms with Crippen molar-refractivity contribution in [2.75, 3.05) is 13.1 Å². The van der Waals surface area contributed by atoms with Crippen LogP contribution in [-0.2, 0) is 13.0 Å². The predicted octanol–water partition coefficient (Wildman–Crippen LogP) is 2.75. The van der Waals surface area contributed by atoms with Crippen molar-refractivity contribution >= 4 is 0 Å². The summed E-state index contributed by atoms with van der Waals surface area (Å²) in [5.41, 5.74) is 0. The van der Waals surface area contributed by atoms with Gasteiger partial charge in [-0.25, -0.2) is 9.67 Å². The van der Waals surface area contributed by atoms with Crippen LogP contribution in [0, 0.1) is 17.8 Å². The molecule has 0 bridgehead atoms. The molecular formula is C15H30N4. The molecule has 4 heteroatoms. The Hall–Kier alpha value is -0.900. The van der Waals surface area contributed by atoms with Crippen molar-refractivity contribution in [2.45, 2.75) is 54.0 Å². The molecule has 0 saturated carbocycles. The number of hydrogen-bond acceptors (Lipinski definition) is 3. The summed E-state index contributed by atoms with van der Waals surface area (Å²) in [6.45, 7) is 14.4. The maximum atomic E-state index is 4.40. The number of aromatic nitrogens is 3. The molecule has 1 N–H and O–H groups in total. The van der Waals surface area contributed by atoms with E-state index in [0.29, 0.717) is 11.8 Å². The Kier molecular flexibility index (Phi) is 7.06. The zero-order valence-electron chi connectivity index (χ0n) is 13.2. The second-order valence-electron chi connectivity index (χ2n) is 6.45. The lowest BCUT2D eigenvalue weighted by molar-refractivity contribution is 0.429. The molecule has 0 fully saturated rings. The Bertz CT molecular complexity index is 344. The molecule has 0 aliphatic rings. The molecule has 0 saturated heterocycles. The minimum atomic E-state index is 0.614. The Balaban J connectivity index is 2.31. The summed E-state index contributed by atoms with van der Waals surface area (Å²) in [7, 11) is 0. The monoisotopic (exact) mass is 266 g/mol. The molecule has 19 heavy (non-hydrogen) atoms. The molecule has 1 atom stereocenters. The van der Waals surface area contributed by atoms with Gasteiger partial charge in [0, 0.05) is 13.0 Å². The van der Waals surface area contributed by atoms with Gasteiger partial charge in [-0.05, 0) is 37.3 Å². The molecule has 1 aromatic rings. The summed E-state index contributed by atoms with van der Waals surface area (Å²) in [6, 6.07) is 0. The summed E-state index contributed by atoms with van der Waals surface area (Å²) in [5.74, 6) is 3.12. The smallest absolute Gasteiger partial charge is 0.138 e. The van der Waals surface area contributed by atoms with Crippen LogP contribution >= 0.6 is 0 Å². The summed E-state index contributed by atoms with van der Waals surface area (Å²) in [6.07, 6.45) is 3.90. The molecule has 1 heterocycles. The van der Waals surface area contributed by atoms with E-state index in [0.717, 1.165) is 37.8 Å². The summed E-state index contributed by atoms with van der Waals surface area (Å²) >= 11 is 0. The van der Waals surface area contributed by atoms with E-state index in [1.807, 2.05) is 0 Å². The van der Waals surface area contributed by atoms with Gasteiger partial charge >= 0.3 is 0 Å². The molecule has 0 aromatic carbocycles. The zero-order chi connectivity index (χ0) is 14.3. The van der Waals surface area contributed by atoms with Crippen molar-refractivity contribution in [2.24, 2.45) is 17.8 Å². The molecule has 0 amide bonds. The lowest BCUT2D eigenvalue weighted by Crippen LogP contribution is -2.23. The summed E-state index contributed by atoms with van der Waals surface area (Å²) in [4.78, 5) is 4.40. The fraction of sp³-hybridized carbons (Fsp3) is 0.867. The first-order valence-corrected chi connectivity index (χ1v) is 7.56. The number of rotatable bonds is 9. The molecular weight excluding hydrogens is 236 g/mol. The van der Waals surface area contributed by atoms with Gasteiger partial charge in [-0.15, -0.1) is 0 Å². The van der Waals surface area contributed by atoms with Crippen LogP contribution in [0.1, 0.15) is 46.9 Å². The molecule has 0 aliphatic carbocycles. The van der Waals surface area contributed by atoms with Gasteiger partial charge in [-0.3, -0.25) is 0 Å². The molecule has 1 aromatic heterocycles. The van der Waals surface area contributed by atoms with E-state index < -0.39 is 0 Å². The second kappa shape index (κ2) is 8.31. The van der Waals surface area contributed by atoms with Gasteiger partial charge in [0.25, 0.3) is 0 Å². The van der Waals surface area contributed by atoms with Crippen LogP contribution in [0.5, 0.6) is 0 Å². The standard InChI is InChI=1S/C15H30N4/c1-12(2)9-16-7-6-14(5)8-15-17-11-18-19(15)10-13(3)4/h11-14,16H,6-10H2,1-5H3. The van der Waals surface area contributed by atoms with Crippen molar-refractivity contribution in [1.82, 2.24) is 20.1 Å². The van der Waals surface area contributed by atoms with E-state index in [9.17, 15) is 0 Å². The van der Waals surface area contributed by atoms with E-state index in [4.69, 9.17) is 0 Å². The van der Waals surface area contributed by atoms with Gasteiger partial charge in [0.05, 0.1) is 0 Å². The Morgan fingerprint density at radius 2 is 1.89 bits per heavy atom. The third kappa shape index (κ3) is 6.71. The average molecular weight is 266 g/mol. The molecule has 110 valence electrons. The molecule has 1 unspecified atom stereocenters. The van der Waals surface area contributed by atoms with Gasteiger partial charge < -0.3 is 5.32 Å². The van der Waals surface area contributed by atoms with E-state index >= 15 is 0 Å². The van der Waals surface area contributed by atoms with Crippen molar-refractivity contribution in [1.29, 1.82) is 0 Å². The van der Waals surface area contributed by atoms with Gasteiger partial charge in [-0.2, -0.15) is 5.10 Å². The highest BCUT2D eigenvalue weighted by Gasteiger charge is 2.10. The van der Waals surface area contributed by atoms with Crippen molar-refractivity contribution in [3.8, 4) is 0 Å². The van der Waals surface area contributed by atoms with E-state index in [2.05, 4.69) is 54.7 Å². The van der Waals surface area contributed by atoms with Crippen molar-refractivity contribution in [3.63, 3.8) is 0 Å². The first-order chi connectivity index (χ1) is 8.99. The highest BCUT2D eigenvalue weighted by molar-refractivity contribution is 4.87. The highest BCUT2D eigenvalue weighted by Crippen LogP contribution is 2.10. The normalized spacial score (nSPS) is 13.4. The summed E-state index contributed by atoms with van der Waals surface area (Å²) in [5, 5.41) is 7.82. The predicted molar refractivity (Wildman–Crippen MR) is 80.1 cm³/mol. The summed E-state index contributed by atoms with van der Waals surface area (Å²) < 4.78 is 2.06. The average Bonchev–Trinajstić information content (AvgIpc) is 2.71. The van der Waals surface area contributed by atoms with Crippen LogP contribution in [0.2, 0.25) is 0 Å². The molecule has 0 radical (unpaired) electrons. The molecule has 0 spiro atoms. The lowest BCUT2D eigenvalue weighted by atomic mass is 10.0. The highest BCUT2D eigenvalue weighted by atomic mass is 15.3. The van der Waals surface area contributed by atoms with E-state index in [1.165, 1.54) is 6.42 Å². The van der Waals surface area contributed by atoms with Crippen LogP contribution < -0.4 is 5.32 Å². The van der Waals surface area contributed by atoms with Gasteiger partial charge in [-0.1, -0.05) is 34.6 Å². The van der Waals surface area contributed by atoms with Crippen molar-refractivity contribution in [3.05, 3.63) is 12.2 Å². The van der Waals surface area contributed by atoms with E-state index in [1.54, 1.807) is 6.33 Å². The first-order valence-electron chi connectivity index (χ1n) is 7.56. The fourth-order valence-corrected chi connectivity index (χ4v) is 2.10. The van der Waals surface area contributed by atoms with Gasteiger partial charge in [0.1, 0.15) is 12.2 Å². The first kappa shape index (κ1) is 16.2. The fourth-order valence-electron chi connectivity index (χ4n) is 2.10. The van der Waals surface area contributed by atoms with Crippen LogP contribution in [0.4, 0.5) is 0 Å².